The molecule has 196 valence electrons. The van der Waals surface area contributed by atoms with Crippen molar-refractivity contribution in [2.24, 2.45) is 0 Å². The van der Waals surface area contributed by atoms with Crippen LogP contribution in [-0.2, 0) is 20.6 Å². The van der Waals surface area contributed by atoms with Crippen molar-refractivity contribution < 1.29 is 24.0 Å². The summed E-state index contributed by atoms with van der Waals surface area (Å²) in [7, 11) is 0.572. The molecule has 2 amide bonds. The second-order valence-electron chi connectivity index (χ2n) is 8.80. The minimum Gasteiger partial charge on any atom is -0.491 e. The van der Waals surface area contributed by atoms with E-state index in [1.807, 2.05) is 41.9 Å². The second kappa shape index (κ2) is 12.7. The van der Waals surface area contributed by atoms with E-state index in [0.717, 1.165) is 42.1 Å². The molecule has 0 radical (unpaired) electrons. The van der Waals surface area contributed by atoms with Crippen molar-refractivity contribution in [3.63, 3.8) is 0 Å². The van der Waals surface area contributed by atoms with Gasteiger partial charge in [0.15, 0.2) is 0 Å². The summed E-state index contributed by atoms with van der Waals surface area (Å²) in [4.78, 5) is 29.0. The summed E-state index contributed by atoms with van der Waals surface area (Å²) in [6, 6.07) is 14.3. The van der Waals surface area contributed by atoms with Crippen LogP contribution in [0, 0.1) is 0 Å². The van der Waals surface area contributed by atoms with E-state index >= 15 is 0 Å². The highest BCUT2D eigenvalue weighted by Gasteiger charge is 2.33. The molecule has 1 fully saturated rings. The number of ether oxygens (including phenoxy) is 1. The normalized spacial score (nSPS) is 20.2. The number of hydrogen-bond acceptors (Lipinski definition) is 6. The molecule has 2 aromatic rings. The number of carbonyl (C=O) groups excluding carboxylic acids is 2. The van der Waals surface area contributed by atoms with Gasteiger partial charge in [-0.05, 0) is 30.9 Å². The third-order valence-electron chi connectivity index (χ3n) is 6.58. The van der Waals surface area contributed by atoms with Crippen LogP contribution in [0.25, 0.3) is 0 Å². The fourth-order valence-electron chi connectivity index (χ4n) is 4.55. The van der Waals surface area contributed by atoms with Crippen LogP contribution in [0.2, 0.25) is 0 Å². The lowest BCUT2D eigenvalue weighted by Gasteiger charge is -2.30. The standard InChI is InChI=1S/C26H33N3O4S2.H2O/c1-4-5-9-20-18-29(19-10-7-6-8-11-19)21-16-23(34-3)22(17-24(21)35(32)27(20)2)33-15-14-28-25(30)12-13-26(28)31;/h6-8,10-11,16-17,20H,4-5,9,12-15,18H2,1-3H3;1H2. The van der Waals surface area contributed by atoms with Gasteiger partial charge in [-0.25, -0.2) is 8.51 Å². The van der Waals surface area contributed by atoms with Crippen molar-refractivity contribution in [1.29, 1.82) is 0 Å². The van der Waals surface area contributed by atoms with Crippen LogP contribution in [0.1, 0.15) is 39.0 Å². The monoisotopic (exact) mass is 533 g/mol. The van der Waals surface area contributed by atoms with Crippen molar-refractivity contribution in [2.45, 2.75) is 54.9 Å². The van der Waals surface area contributed by atoms with Crippen LogP contribution >= 0.6 is 11.8 Å². The molecular weight excluding hydrogens is 498 g/mol. The molecule has 2 aromatic carbocycles. The number of anilines is 2. The fraction of sp³-hybridized carbons (Fsp3) is 0.462. The molecule has 0 aliphatic carbocycles. The molecule has 8 nitrogen and oxygen atoms in total. The SMILES string of the molecule is CCCCC1CN(c2ccccc2)c2cc(SC)c(OCCN3C(=O)CCC3=O)cc2S(=O)N1C.O. The molecule has 1 saturated heterocycles. The van der Waals surface area contributed by atoms with Gasteiger partial charge >= 0.3 is 0 Å². The van der Waals surface area contributed by atoms with Crippen molar-refractivity contribution in [2.75, 3.05) is 37.9 Å². The first-order chi connectivity index (χ1) is 16.9. The number of hydrogen-bond donors (Lipinski definition) is 0. The van der Waals surface area contributed by atoms with Crippen LogP contribution in [0.4, 0.5) is 11.4 Å². The van der Waals surface area contributed by atoms with Crippen molar-refractivity contribution in [1.82, 2.24) is 9.21 Å². The van der Waals surface area contributed by atoms with Gasteiger partial charge in [-0.1, -0.05) is 38.0 Å². The molecule has 0 spiro atoms. The number of imide groups is 1. The third kappa shape index (κ3) is 5.94. The van der Waals surface area contributed by atoms with Crippen LogP contribution < -0.4 is 9.64 Å². The van der Waals surface area contributed by atoms with Gasteiger partial charge in [0, 0.05) is 44.2 Å². The van der Waals surface area contributed by atoms with Crippen LogP contribution in [-0.4, -0.2) is 69.7 Å². The Labute approximate surface area is 219 Å². The van der Waals surface area contributed by atoms with Gasteiger partial charge in [-0.2, -0.15) is 0 Å². The molecule has 10 heteroatoms. The summed E-state index contributed by atoms with van der Waals surface area (Å²) in [5.41, 5.74) is 1.98. The van der Waals surface area contributed by atoms with E-state index in [0.29, 0.717) is 10.6 Å². The van der Waals surface area contributed by atoms with E-state index in [-0.39, 0.29) is 49.3 Å². The van der Waals surface area contributed by atoms with Gasteiger partial charge in [0.1, 0.15) is 23.3 Å². The third-order valence-corrected chi connectivity index (χ3v) is 8.86. The van der Waals surface area contributed by atoms with Crippen LogP contribution in [0.5, 0.6) is 5.75 Å². The summed E-state index contributed by atoms with van der Waals surface area (Å²) in [6.07, 6.45) is 5.65. The maximum Gasteiger partial charge on any atom is 0.229 e. The number of thioether (sulfide) groups is 1. The van der Waals surface area contributed by atoms with Crippen molar-refractivity contribution in [3.8, 4) is 5.75 Å². The first kappa shape index (κ1) is 28.2. The maximum atomic E-state index is 13.8. The molecule has 2 atom stereocenters. The van der Waals surface area contributed by atoms with Gasteiger partial charge in [0.05, 0.1) is 22.0 Å². The Morgan fingerprint density at radius 1 is 1.11 bits per heavy atom. The molecule has 0 bridgehead atoms. The van der Waals surface area contributed by atoms with E-state index in [1.54, 1.807) is 11.8 Å². The summed E-state index contributed by atoms with van der Waals surface area (Å²) >= 11 is 1.56. The zero-order valence-electron chi connectivity index (χ0n) is 21.1. The Kier molecular flexibility index (Phi) is 9.95. The summed E-state index contributed by atoms with van der Waals surface area (Å²) < 4.78 is 21.8. The maximum absolute atomic E-state index is 13.8. The van der Waals surface area contributed by atoms with Crippen molar-refractivity contribution >= 4 is 45.9 Å². The average Bonchev–Trinajstić information content (AvgIpc) is 3.15. The predicted octanol–water partition coefficient (Wildman–Crippen LogP) is 3.78. The number of benzene rings is 2. The topological polar surface area (TPSA) is 102 Å². The molecule has 2 unspecified atom stereocenters. The summed E-state index contributed by atoms with van der Waals surface area (Å²) in [6.45, 7) is 3.34. The molecular formula is C26H35N3O5S2. The number of likely N-dealkylation sites (N-methyl/N-ethyl adjacent to an activating group) is 1. The first-order valence-electron chi connectivity index (χ1n) is 12.1. The minimum atomic E-state index is -1.36. The van der Waals surface area contributed by atoms with E-state index in [4.69, 9.17) is 4.74 Å². The van der Waals surface area contributed by atoms with Gasteiger partial charge in [0.2, 0.25) is 11.8 Å². The van der Waals surface area contributed by atoms with E-state index in [9.17, 15) is 13.8 Å². The number of nitrogens with zero attached hydrogens (tertiary/aromatic N) is 3. The molecule has 2 heterocycles. The number of amides is 2. The Morgan fingerprint density at radius 2 is 1.81 bits per heavy atom. The molecule has 0 saturated carbocycles. The quantitative estimate of drug-likeness (QED) is 0.359. The van der Waals surface area contributed by atoms with E-state index in [2.05, 4.69) is 30.0 Å². The molecule has 2 aliphatic heterocycles. The molecule has 4 rings (SSSR count). The smallest absolute Gasteiger partial charge is 0.229 e. The minimum absolute atomic E-state index is 0. The first-order valence-corrected chi connectivity index (χ1v) is 14.4. The zero-order chi connectivity index (χ0) is 24.9. The van der Waals surface area contributed by atoms with E-state index < -0.39 is 11.0 Å². The number of unbranched alkanes of at least 4 members (excludes halogenated alkanes) is 1. The van der Waals surface area contributed by atoms with Crippen LogP contribution in [0.15, 0.2) is 52.3 Å². The Bertz CT molecular complexity index is 1080. The largest absolute Gasteiger partial charge is 0.491 e. The predicted molar refractivity (Wildman–Crippen MR) is 144 cm³/mol. The highest BCUT2D eigenvalue weighted by atomic mass is 32.2. The number of fused-ring (bicyclic) bond motifs is 1. The average molecular weight is 534 g/mol. The van der Waals surface area contributed by atoms with E-state index in [1.165, 1.54) is 4.90 Å². The van der Waals surface area contributed by atoms with Crippen LogP contribution in [0.3, 0.4) is 0 Å². The fourth-order valence-corrected chi connectivity index (χ4v) is 6.41. The second-order valence-corrected chi connectivity index (χ2v) is 11.2. The lowest BCUT2D eigenvalue weighted by molar-refractivity contribution is -0.138. The zero-order valence-corrected chi connectivity index (χ0v) is 22.7. The Balaban J connectivity index is 0.00000361. The van der Waals surface area contributed by atoms with Gasteiger partial charge in [-0.15, -0.1) is 11.8 Å². The van der Waals surface area contributed by atoms with Gasteiger partial charge in [-0.3, -0.25) is 14.5 Å². The number of carbonyl (C=O) groups is 2. The summed E-state index contributed by atoms with van der Waals surface area (Å²) in [5.74, 6) is 0.326. The molecule has 2 N–H and O–H groups in total. The molecule has 2 aliphatic rings. The van der Waals surface area contributed by atoms with Gasteiger partial charge in [0.25, 0.3) is 0 Å². The lowest BCUT2D eigenvalue weighted by atomic mass is 10.1. The Morgan fingerprint density at radius 3 is 2.44 bits per heavy atom. The van der Waals surface area contributed by atoms with Crippen molar-refractivity contribution in [3.05, 3.63) is 42.5 Å². The molecule has 36 heavy (non-hydrogen) atoms. The Hall–Kier alpha value is -2.40. The number of rotatable bonds is 9. The van der Waals surface area contributed by atoms with Gasteiger partial charge < -0.3 is 15.1 Å². The lowest BCUT2D eigenvalue weighted by Crippen LogP contribution is -2.38. The number of para-hydroxylation sites is 1. The molecule has 0 aromatic heterocycles. The highest BCUT2D eigenvalue weighted by molar-refractivity contribution is 7.98. The summed E-state index contributed by atoms with van der Waals surface area (Å²) in [5, 5.41) is 0. The highest BCUT2D eigenvalue weighted by Crippen LogP contribution is 2.42. The number of likely N-dealkylation sites (tertiary alicyclic amines) is 1.